The zero-order valence-corrected chi connectivity index (χ0v) is 23.7. The van der Waals surface area contributed by atoms with Gasteiger partial charge in [0, 0.05) is 51.4 Å². The number of hydrogen-bond acceptors (Lipinski definition) is 10. The average Bonchev–Trinajstić information content (AvgIpc) is 3.61. The molecular weight excluding hydrogens is 510 g/mol. The lowest BCUT2D eigenvalue weighted by molar-refractivity contribution is 0.0940. The summed E-state index contributed by atoms with van der Waals surface area (Å²) >= 11 is 0. The molecule has 5 heterocycles. The molecule has 0 atom stereocenters. The molecule has 13 heteroatoms. The maximum absolute atomic E-state index is 12.9. The van der Waals surface area contributed by atoms with Gasteiger partial charge in [-0.1, -0.05) is 0 Å². The minimum absolute atomic E-state index is 0.150. The number of nitrogens with one attached hydrogen (secondary N) is 3. The van der Waals surface area contributed by atoms with Gasteiger partial charge in [0.05, 0.1) is 47.4 Å². The highest BCUT2D eigenvalue weighted by atomic mass is 16.5. The molecule has 0 aromatic carbocycles. The van der Waals surface area contributed by atoms with Crippen LogP contribution in [0.5, 0.6) is 0 Å². The third-order valence-corrected chi connectivity index (χ3v) is 7.34. The number of fused-ring (bicyclic) bond motifs is 1. The van der Waals surface area contributed by atoms with Crippen molar-refractivity contribution < 1.29 is 9.53 Å². The zero-order chi connectivity index (χ0) is 28.3. The van der Waals surface area contributed by atoms with Crippen molar-refractivity contribution in [2.45, 2.75) is 45.7 Å². The molecule has 0 unspecified atom stereocenters. The van der Waals surface area contributed by atoms with Crippen LogP contribution in [0.4, 0.5) is 23.1 Å². The molecule has 3 N–H and O–H groups in total. The van der Waals surface area contributed by atoms with E-state index in [1.165, 1.54) is 12.8 Å². The van der Waals surface area contributed by atoms with Crippen LogP contribution in [0.25, 0.3) is 11.0 Å². The largest absolute Gasteiger partial charge is 0.383 e. The van der Waals surface area contributed by atoms with Crippen LogP contribution in [0.1, 0.15) is 42.7 Å². The smallest absolute Gasteiger partial charge is 0.252 e. The summed E-state index contributed by atoms with van der Waals surface area (Å²) in [7, 11) is 3.48. The third-order valence-electron chi connectivity index (χ3n) is 7.34. The Labute approximate surface area is 233 Å². The summed E-state index contributed by atoms with van der Waals surface area (Å²) < 4.78 is 8.57. The zero-order valence-electron chi connectivity index (χ0n) is 23.7. The topological polar surface area (TPSA) is 140 Å². The van der Waals surface area contributed by atoms with Gasteiger partial charge >= 0.3 is 0 Å². The number of anilines is 4. The predicted octanol–water partition coefficient (Wildman–Crippen LogP) is 3.00. The van der Waals surface area contributed by atoms with Gasteiger partial charge in [0.25, 0.3) is 5.91 Å². The van der Waals surface area contributed by atoms with Crippen molar-refractivity contribution >= 4 is 40.1 Å². The second-order valence-corrected chi connectivity index (χ2v) is 10.7. The number of aryl methyl sites for hydroxylation is 2. The Morgan fingerprint density at radius 1 is 1.15 bits per heavy atom. The van der Waals surface area contributed by atoms with Gasteiger partial charge in [0.15, 0.2) is 11.5 Å². The van der Waals surface area contributed by atoms with Crippen LogP contribution < -0.4 is 16.0 Å². The number of rotatable bonds is 11. The van der Waals surface area contributed by atoms with Gasteiger partial charge in [-0.15, -0.1) is 0 Å². The normalized spacial score (nSPS) is 15.0. The number of hydrogen-bond donors (Lipinski definition) is 3. The van der Waals surface area contributed by atoms with Crippen LogP contribution in [-0.4, -0.2) is 84.2 Å². The van der Waals surface area contributed by atoms with Crippen LogP contribution in [-0.2, 0) is 18.3 Å². The van der Waals surface area contributed by atoms with Gasteiger partial charge in [0.1, 0.15) is 0 Å². The van der Waals surface area contributed by atoms with Gasteiger partial charge in [0.2, 0.25) is 5.95 Å². The fourth-order valence-corrected chi connectivity index (χ4v) is 4.95. The molecule has 0 radical (unpaired) electrons. The number of methoxy groups -OCH3 is 1. The Morgan fingerprint density at radius 2 is 2.00 bits per heavy atom. The number of pyridine rings is 1. The van der Waals surface area contributed by atoms with Crippen LogP contribution in [0, 0.1) is 6.92 Å². The van der Waals surface area contributed by atoms with Crippen LogP contribution in [0.15, 0.2) is 30.9 Å². The highest BCUT2D eigenvalue weighted by Crippen LogP contribution is 2.28. The second-order valence-electron chi connectivity index (χ2n) is 10.7. The first-order valence-corrected chi connectivity index (χ1v) is 13.5. The molecule has 5 rings (SSSR count). The van der Waals surface area contributed by atoms with Crippen molar-refractivity contribution in [1.82, 2.24) is 44.7 Å². The summed E-state index contributed by atoms with van der Waals surface area (Å²) in [5.74, 6) is 0.861. The molecule has 0 spiro atoms. The summed E-state index contributed by atoms with van der Waals surface area (Å²) in [4.78, 5) is 28.9. The molecule has 1 aliphatic heterocycles. The minimum Gasteiger partial charge on any atom is -0.383 e. The monoisotopic (exact) mass is 547 g/mol. The molecule has 40 heavy (non-hydrogen) atoms. The van der Waals surface area contributed by atoms with Crippen LogP contribution >= 0.6 is 0 Å². The number of amides is 1. The van der Waals surface area contributed by atoms with Crippen LogP contribution in [0.2, 0.25) is 0 Å². The highest BCUT2D eigenvalue weighted by molar-refractivity contribution is 5.96. The molecule has 1 saturated heterocycles. The fourth-order valence-electron chi connectivity index (χ4n) is 4.95. The minimum atomic E-state index is -0.150. The van der Waals surface area contributed by atoms with E-state index in [1.807, 2.05) is 20.2 Å². The molecule has 1 fully saturated rings. The average molecular weight is 548 g/mol. The van der Waals surface area contributed by atoms with E-state index in [-0.39, 0.29) is 11.4 Å². The third kappa shape index (κ3) is 6.05. The summed E-state index contributed by atoms with van der Waals surface area (Å²) in [6.07, 6.45) is 9.29. The molecule has 1 amide bonds. The first-order valence-electron chi connectivity index (χ1n) is 13.5. The number of carbonyl (C=O) groups excluding carboxylic acids is 1. The van der Waals surface area contributed by atoms with Gasteiger partial charge in [-0.2, -0.15) is 15.2 Å². The Morgan fingerprint density at radius 3 is 2.77 bits per heavy atom. The number of nitrogens with zero attached hydrogens (tertiary/aromatic N) is 8. The van der Waals surface area contributed by atoms with E-state index >= 15 is 0 Å². The fraction of sp³-hybridized carbons (Fsp3) is 0.481. The molecule has 0 aliphatic carbocycles. The summed E-state index contributed by atoms with van der Waals surface area (Å²) in [5.41, 5.74) is 3.54. The molecule has 0 saturated carbocycles. The maximum Gasteiger partial charge on any atom is 0.252 e. The van der Waals surface area contributed by atoms with Gasteiger partial charge < -0.3 is 20.7 Å². The molecule has 4 aromatic rings. The predicted molar refractivity (Wildman–Crippen MR) is 153 cm³/mol. The SMILES string of the molecule is COCCn1cc(Nc2ncc3c(Nc4cc(C(=O)NCCN5CCCC5(C)C)cnc4C)nn(C)c3n2)cn1. The van der Waals surface area contributed by atoms with E-state index in [0.29, 0.717) is 48.4 Å². The lowest BCUT2D eigenvalue weighted by Crippen LogP contribution is -2.43. The van der Waals surface area contributed by atoms with Crippen molar-refractivity contribution in [3.8, 4) is 0 Å². The number of carbonyl (C=O) groups is 1. The molecule has 13 nitrogen and oxygen atoms in total. The van der Waals surface area contributed by atoms with Gasteiger partial charge in [-0.25, -0.2) is 9.67 Å². The van der Waals surface area contributed by atoms with Crippen molar-refractivity contribution in [1.29, 1.82) is 0 Å². The van der Waals surface area contributed by atoms with Crippen molar-refractivity contribution in [3.63, 3.8) is 0 Å². The summed E-state index contributed by atoms with van der Waals surface area (Å²) in [6.45, 7) is 10.1. The Balaban J connectivity index is 1.26. The molecular formula is C27H37N11O2. The molecule has 1 aliphatic rings. The van der Waals surface area contributed by atoms with Gasteiger partial charge in [-0.05, 0) is 46.2 Å². The Hall–Kier alpha value is -4.10. The van der Waals surface area contributed by atoms with E-state index < -0.39 is 0 Å². The molecule has 4 aromatic heterocycles. The lowest BCUT2D eigenvalue weighted by Gasteiger charge is -2.31. The molecule has 212 valence electrons. The number of likely N-dealkylation sites (tertiary alicyclic amines) is 1. The van der Waals surface area contributed by atoms with E-state index in [1.54, 1.807) is 41.1 Å². The quantitative estimate of drug-likeness (QED) is 0.257. The van der Waals surface area contributed by atoms with E-state index in [9.17, 15) is 4.79 Å². The summed E-state index contributed by atoms with van der Waals surface area (Å²) in [6, 6.07) is 1.80. The van der Waals surface area contributed by atoms with Crippen molar-refractivity contribution in [2.24, 2.45) is 7.05 Å². The Kier molecular flexibility index (Phi) is 7.94. The van der Waals surface area contributed by atoms with Crippen LogP contribution in [0.3, 0.4) is 0 Å². The molecule has 0 bridgehead atoms. The maximum atomic E-state index is 12.9. The Bertz CT molecular complexity index is 1490. The van der Waals surface area contributed by atoms with E-state index in [2.05, 4.69) is 59.8 Å². The van der Waals surface area contributed by atoms with E-state index in [4.69, 9.17) is 4.74 Å². The summed E-state index contributed by atoms with van der Waals surface area (Å²) in [5, 5.41) is 19.2. The standard InChI is InChI=1S/C27H37N11O2/c1-18-22(13-19(14-29-18)25(39)28-8-10-37-9-6-7-27(37,2)3)33-23-21-16-30-26(34-24(21)36(4)35-23)32-20-15-31-38(17-20)11-12-40-5/h13-17H,6-12H2,1-5H3,(H,28,39)(H,33,35)(H,30,32,34). The highest BCUT2D eigenvalue weighted by Gasteiger charge is 2.31. The van der Waals surface area contributed by atoms with E-state index in [0.717, 1.165) is 29.9 Å². The lowest BCUT2D eigenvalue weighted by atomic mass is 10.0. The van der Waals surface area contributed by atoms with Gasteiger partial charge in [-0.3, -0.25) is 19.4 Å². The van der Waals surface area contributed by atoms with Crippen molar-refractivity contribution in [3.05, 3.63) is 42.1 Å². The van der Waals surface area contributed by atoms with Crippen molar-refractivity contribution in [2.75, 3.05) is 44.0 Å². The second kappa shape index (κ2) is 11.6. The first-order chi connectivity index (χ1) is 19.2. The number of ether oxygens (including phenoxy) is 1. The first kappa shape index (κ1) is 27.5. The number of aromatic nitrogens is 7.